The van der Waals surface area contributed by atoms with E-state index in [1.54, 1.807) is 6.20 Å². The fourth-order valence-electron chi connectivity index (χ4n) is 1.57. The first-order chi connectivity index (χ1) is 9.22. The van der Waals surface area contributed by atoms with Gasteiger partial charge in [0.2, 0.25) is 0 Å². The highest BCUT2D eigenvalue weighted by Crippen LogP contribution is 2.25. The Morgan fingerprint density at radius 1 is 1.26 bits per heavy atom. The molecule has 3 aromatic heterocycles. The summed E-state index contributed by atoms with van der Waals surface area (Å²) in [6.07, 6.45) is 5.99. The van der Waals surface area contributed by atoms with Crippen LogP contribution in [0.15, 0.2) is 31.0 Å². The van der Waals surface area contributed by atoms with E-state index in [4.69, 9.17) is 0 Å². The van der Waals surface area contributed by atoms with E-state index in [0.29, 0.717) is 10.7 Å². The molecule has 19 heavy (non-hydrogen) atoms. The van der Waals surface area contributed by atoms with E-state index in [1.165, 1.54) is 30.1 Å². The Morgan fingerprint density at radius 2 is 2.05 bits per heavy atom. The monoisotopic (exact) mass is 271 g/mol. The lowest BCUT2D eigenvalue weighted by molar-refractivity contribution is 0.102. The Labute approximate surface area is 112 Å². The summed E-state index contributed by atoms with van der Waals surface area (Å²) in [5, 5.41) is 3.27. The first kappa shape index (κ1) is 11.7. The van der Waals surface area contributed by atoms with Crippen LogP contribution in [0.5, 0.6) is 0 Å². The quantitative estimate of drug-likeness (QED) is 0.771. The van der Waals surface area contributed by atoms with Crippen molar-refractivity contribution < 1.29 is 4.79 Å². The first-order valence-electron chi connectivity index (χ1n) is 5.52. The van der Waals surface area contributed by atoms with Gasteiger partial charge in [0.1, 0.15) is 11.8 Å². The van der Waals surface area contributed by atoms with Crippen molar-refractivity contribution >= 4 is 32.6 Å². The van der Waals surface area contributed by atoms with Gasteiger partial charge in [0.25, 0.3) is 5.91 Å². The minimum absolute atomic E-state index is 0.274. The van der Waals surface area contributed by atoms with Gasteiger partial charge in [-0.2, -0.15) is 0 Å². The Balaban J connectivity index is 1.87. The molecule has 1 N–H and O–H groups in total. The predicted molar refractivity (Wildman–Crippen MR) is 72.1 cm³/mol. The second-order valence-electron chi connectivity index (χ2n) is 3.89. The van der Waals surface area contributed by atoms with E-state index in [9.17, 15) is 4.79 Å². The van der Waals surface area contributed by atoms with Crippen molar-refractivity contribution in [1.82, 2.24) is 19.9 Å². The third kappa shape index (κ3) is 2.41. The molecule has 0 spiro atoms. The number of carbonyl (C=O) groups excluding carboxylic acids is 1. The van der Waals surface area contributed by atoms with Crippen LogP contribution < -0.4 is 5.32 Å². The normalized spacial score (nSPS) is 10.6. The lowest BCUT2D eigenvalue weighted by Crippen LogP contribution is -2.12. The molecule has 0 aliphatic heterocycles. The number of nitrogens with one attached hydrogen (secondary N) is 1. The van der Waals surface area contributed by atoms with Crippen LogP contribution in [-0.4, -0.2) is 25.8 Å². The third-order valence-electron chi connectivity index (χ3n) is 2.45. The molecule has 0 aromatic carbocycles. The highest BCUT2D eigenvalue weighted by Gasteiger charge is 2.10. The molecule has 0 radical (unpaired) electrons. The summed E-state index contributed by atoms with van der Waals surface area (Å²) in [6, 6.07) is 1.94. The average molecular weight is 271 g/mol. The minimum atomic E-state index is -0.274. The molecule has 0 fully saturated rings. The van der Waals surface area contributed by atoms with Crippen LogP contribution in [0.25, 0.3) is 10.2 Å². The van der Waals surface area contributed by atoms with Crippen molar-refractivity contribution in [2.75, 3.05) is 5.32 Å². The molecule has 3 heterocycles. The number of hydrogen-bond donors (Lipinski definition) is 1. The molecule has 3 aromatic rings. The number of nitrogens with zero attached hydrogens (tertiary/aromatic N) is 4. The van der Waals surface area contributed by atoms with E-state index in [2.05, 4.69) is 25.3 Å². The number of amides is 1. The molecule has 6 nitrogen and oxygen atoms in total. The van der Waals surface area contributed by atoms with Crippen molar-refractivity contribution in [3.05, 3.63) is 42.2 Å². The molecule has 0 aliphatic rings. The first-order valence-corrected chi connectivity index (χ1v) is 6.33. The van der Waals surface area contributed by atoms with Crippen molar-refractivity contribution in [1.29, 1.82) is 0 Å². The Kier molecular flexibility index (Phi) is 2.88. The van der Waals surface area contributed by atoms with E-state index in [1.807, 2.05) is 13.0 Å². The van der Waals surface area contributed by atoms with Gasteiger partial charge in [0, 0.05) is 18.1 Å². The van der Waals surface area contributed by atoms with Gasteiger partial charge in [-0.1, -0.05) is 11.3 Å². The summed E-state index contributed by atoms with van der Waals surface area (Å²) >= 11 is 1.41. The van der Waals surface area contributed by atoms with Gasteiger partial charge in [-0.15, -0.1) is 0 Å². The minimum Gasteiger partial charge on any atom is -0.298 e. The summed E-state index contributed by atoms with van der Waals surface area (Å²) in [5.74, 6) is -0.274. The SMILES string of the molecule is Cc1cc2sc(NC(=O)c3cncnc3)nc2cn1. The molecular formula is C12H9N5OS. The van der Waals surface area contributed by atoms with Gasteiger partial charge in [-0.25, -0.2) is 15.0 Å². The standard InChI is InChI=1S/C12H9N5OS/c1-7-2-10-9(5-15-7)16-12(19-10)17-11(18)8-3-13-6-14-4-8/h2-6H,1H3,(H,16,17,18). The summed E-state index contributed by atoms with van der Waals surface area (Å²) < 4.78 is 0.993. The molecule has 0 saturated heterocycles. The molecule has 0 atom stereocenters. The molecule has 7 heteroatoms. The summed E-state index contributed by atoms with van der Waals surface area (Å²) in [4.78, 5) is 28.0. The Bertz CT molecular complexity index is 740. The fourth-order valence-corrected chi connectivity index (χ4v) is 2.50. The topological polar surface area (TPSA) is 80.7 Å². The smallest absolute Gasteiger partial charge is 0.260 e. The molecule has 0 aliphatic carbocycles. The molecule has 1 amide bonds. The van der Waals surface area contributed by atoms with Crippen LogP contribution in [0, 0.1) is 6.92 Å². The van der Waals surface area contributed by atoms with Gasteiger partial charge in [0.05, 0.1) is 16.5 Å². The zero-order chi connectivity index (χ0) is 13.2. The van der Waals surface area contributed by atoms with E-state index < -0.39 is 0 Å². The highest BCUT2D eigenvalue weighted by molar-refractivity contribution is 7.22. The van der Waals surface area contributed by atoms with Crippen LogP contribution in [0.1, 0.15) is 16.1 Å². The number of aryl methyl sites for hydroxylation is 1. The van der Waals surface area contributed by atoms with Gasteiger partial charge in [-0.3, -0.25) is 15.1 Å². The van der Waals surface area contributed by atoms with Gasteiger partial charge >= 0.3 is 0 Å². The highest BCUT2D eigenvalue weighted by atomic mass is 32.1. The molecule has 0 saturated carbocycles. The number of carbonyl (C=O) groups is 1. The van der Waals surface area contributed by atoms with Crippen LogP contribution in [0.3, 0.4) is 0 Å². The maximum atomic E-state index is 11.9. The van der Waals surface area contributed by atoms with Crippen molar-refractivity contribution in [2.45, 2.75) is 6.92 Å². The maximum absolute atomic E-state index is 11.9. The Hall–Kier alpha value is -2.41. The van der Waals surface area contributed by atoms with Crippen molar-refractivity contribution in [3.8, 4) is 0 Å². The van der Waals surface area contributed by atoms with Crippen LogP contribution in [0.4, 0.5) is 5.13 Å². The Morgan fingerprint density at radius 3 is 2.84 bits per heavy atom. The number of fused-ring (bicyclic) bond motifs is 1. The zero-order valence-corrected chi connectivity index (χ0v) is 10.8. The molecule has 3 rings (SSSR count). The number of rotatable bonds is 2. The average Bonchev–Trinajstić information content (AvgIpc) is 2.81. The van der Waals surface area contributed by atoms with Crippen molar-refractivity contribution in [2.24, 2.45) is 0 Å². The molecule has 94 valence electrons. The largest absolute Gasteiger partial charge is 0.298 e. The lowest BCUT2D eigenvalue weighted by atomic mass is 10.3. The van der Waals surface area contributed by atoms with Crippen LogP contribution >= 0.6 is 11.3 Å². The number of thiazole rings is 1. The van der Waals surface area contributed by atoms with E-state index >= 15 is 0 Å². The maximum Gasteiger partial charge on any atom is 0.260 e. The summed E-state index contributed by atoms with van der Waals surface area (Å²) in [6.45, 7) is 1.92. The van der Waals surface area contributed by atoms with E-state index in [0.717, 1.165) is 15.9 Å². The lowest BCUT2D eigenvalue weighted by Gasteiger charge is -1.99. The second-order valence-corrected chi connectivity index (χ2v) is 4.92. The third-order valence-corrected chi connectivity index (χ3v) is 3.39. The summed E-state index contributed by atoms with van der Waals surface area (Å²) in [5.41, 5.74) is 2.09. The molecule has 0 bridgehead atoms. The van der Waals surface area contributed by atoms with E-state index in [-0.39, 0.29) is 5.91 Å². The fraction of sp³-hybridized carbons (Fsp3) is 0.0833. The number of pyridine rings is 1. The second kappa shape index (κ2) is 4.69. The van der Waals surface area contributed by atoms with Gasteiger partial charge in [0.15, 0.2) is 5.13 Å². The number of aromatic nitrogens is 4. The van der Waals surface area contributed by atoms with Gasteiger partial charge in [-0.05, 0) is 13.0 Å². The summed E-state index contributed by atoms with van der Waals surface area (Å²) in [7, 11) is 0. The molecule has 0 unspecified atom stereocenters. The van der Waals surface area contributed by atoms with Gasteiger partial charge < -0.3 is 0 Å². The molecular weight excluding hydrogens is 262 g/mol. The van der Waals surface area contributed by atoms with Crippen molar-refractivity contribution in [3.63, 3.8) is 0 Å². The van der Waals surface area contributed by atoms with Crippen LogP contribution in [0.2, 0.25) is 0 Å². The zero-order valence-electron chi connectivity index (χ0n) is 9.99. The van der Waals surface area contributed by atoms with Crippen LogP contribution in [-0.2, 0) is 0 Å². The predicted octanol–water partition coefficient (Wildman–Crippen LogP) is 2.04. The number of anilines is 1. The number of hydrogen-bond acceptors (Lipinski definition) is 6.